The van der Waals surface area contributed by atoms with Gasteiger partial charge in [-0.05, 0) is 164 Å². The number of aryl methyl sites for hydroxylation is 3. The Morgan fingerprint density at radius 2 is 0.593 bits per heavy atom. The number of pyridine rings is 6. The fourth-order valence-electron chi connectivity index (χ4n) is 7.86. The fourth-order valence-corrected chi connectivity index (χ4v) is 7.86. The van der Waals surface area contributed by atoms with Crippen LogP contribution in [0.5, 0.6) is 0 Å². The molecule has 0 amide bonds. The highest BCUT2D eigenvalue weighted by molar-refractivity contribution is 5.57. The first-order valence-electron chi connectivity index (χ1n) is 19.4. The highest BCUT2D eigenvalue weighted by Crippen LogP contribution is 2.34. The Morgan fingerprint density at radius 3 is 0.852 bits per heavy atom. The van der Waals surface area contributed by atoms with E-state index in [2.05, 4.69) is 90.3 Å². The lowest BCUT2D eigenvalue weighted by atomic mass is 9.79. The van der Waals surface area contributed by atoms with Crippen LogP contribution in [0.3, 0.4) is 0 Å². The number of hydrogen-bond acceptors (Lipinski definition) is 6. The van der Waals surface area contributed by atoms with Gasteiger partial charge in [0.2, 0.25) is 0 Å². The van der Waals surface area contributed by atoms with Gasteiger partial charge in [-0.15, -0.1) is 0 Å². The Kier molecular flexibility index (Phi) is 12.0. The topological polar surface area (TPSA) is 77.3 Å². The molecule has 7 rings (SSSR count). The monoisotopic (exact) mass is 708 g/mol. The third-order valence-corrected chi connectivity index (χ3v) is 10.3. The summed E-state index contributed by atoms with van der Waals surface area (Å²) in [5, 5.41) is 0. The molecular weight excluding hydrogens is 661 g/mol. The number of benzene rings is 1. The van der Waals surface area contributed by atoms with Crippen molar-refractivity contribution in [3.8, 4) is 34.2 Å². The quantitative estimate of drug-likeness (QED) is 0.106. The minimum Gasteiger partial charge on any atom is -0.255 e. The predicted molar refractivity (Wildman–Crippen MR) is 219 cm³/mol. The summed E-state index contributed by atoms with van der Waals surface area (Å²) in [5.41, 5.74) is 17.8. The number of nitrogens with zero attached hydrogens (tertiary/aromatic N) is 6. The average molecular weight is 709 g/mol. The Balaban J connectivity index is 1.25. The van der Waals surface area contributed by atoms with Crippen LogP contribution in [0.4, 0.5) is 0 Å². The minimum atomic E-state index is 0.867. The van der Waals surface area contributed by atoms with Crippen molar-refractivity contribution in [2.75, 3.05) is 0 Å². The molecule has 0 aliphatic carbocycles. The van der Waals surface area contributed by atoms with E-state index in [4.69, 9.17) is 15.0 Å². The molecule has 0 unspecified atom stereocenters. The van der Waals surface area contributed by atoms with Crippen LogP contribution >= 0.6 is 0 Å². The second-order valence-corrected chi connectivity index (χ2v) is 13.6. The maximum Gasteiger partial charge on any atom is 0.0889 e. The lowest BCUT2D eigenvalue weighted by molar-refractivity contribution is 0.799. The van der Waals surface area contributed by atoms with Gasteiger partial charge in [0, 0.05) is 35.7 Å². The molecule has 6 aromatic heterocycles. The lowest BCUT2D eigenvalue weighted by Crippen LogP contribution is -2.15. The van der Waals surface area contributed by atoms with Gasteiger partial charge in [0.05, 0.1) is 34.2 Å². The molecule has 0 aliphatic heterocycles. The van der Waals surface area contributed by atoms with E-state index in [1.807, 2.05) is 73.2 Å². The highest BCUT2D eigenvalue weighted by atomic mass is 14.8. The lowest BCUT2D eigenvalue weighted by Gasteiger charge is -2.26. The minimum absolute atomic E-state index is 0.867. The molecule has 270 valence electrons. The van der Waals surface area contributed by atoms with Crippen molar-refractivity contribution in [2.45, 2.75) is 78.6 Å². The molecule has 6 heteroatoms. The van der Waals surface area contributed by atoms with Crippen LogP contribution in [0.1, 0.15) is 71.2 Å². The van der Waals surface area contributed by atoms with E-state index in [1.54, 1.807) is 0 Å². The van der Waals surface area contributed by atoms with Crippen LogP contribution in [-0.2, 0) is 57.8 Å². The van der Waals surface area contributed by atoms with Gasteiger partial charge in [0.15, 0.2) is 0 Å². The van der Waals surface area contributed by atoms with Gasteiger partial charge in [-0.3, -0.25) is 29.9 Å². The summed E-state index contributed by atoms with van der Waals surface area (Å²) in [5.74, 6) is 0. The predicted octanol–water partition coefficient (Wildman–Crippen LogP) is 10.1. The van der Waals surface area contributed by atoms with Crippen LogP contribution in [-0.4, -0.2) is 29.9 Å². The van der Waals surface area contributed by atoms with E-state index in [0.717, 1.165) is 109 Å². The summed E-state index contributed by atoms with van der Waals surface area (Å²) in [6.45, 7) is 6.98. The summed E-state index contributed by atoms with van der Waals surface area (Å²) in [6, 6.07) is 37.0. The molecule has 54 heavy (non-hydrogen) atoms. The normalized spacial score (nSPS) is 11.2. The largest absolute Gasteiger partial charge is 0.255 e. The van der Waals surface area contributed by atoms with Gasteiger partial charge in [0.1, 0.15) is 0 Å². The molecule has 0 radical (unpaired) electrons. The number of rotatable bonds is 15. The van der Waals surface area contributed by atoms with Crippen molar-refractivity contribution in [1.29, 1.82) is 0 Å². The highest BCUT2D eigenvalue weighted by Gasteiger charge is 2.22. The summed E-state index contributed by atoms with van der Waals surface area (Å²) in [7, 11) is 0. The molecule has 0 aliphatic rings. The van der Waals surface area contributed by atoms with Gasteiger partial charge >= 0.3 is 0 Å². The molecule has 6 nitrogen and oxygen atoms in total. The van der Waals surface area contributed by atoms with Gasteiger partial charge in [0.25, 0.3) is 0 Å². The molecule has 0 atom stereocenters. The van der Waals surface area contributed by atoms with Crippen LogP contribution in [0, 0.1) is 0 Å². The van der Waals surface area contributed by atoms with Gasteiger partial charge < -0.3 is 0 Å². The van der Waals surface area contributed by atoms with E-state index < -0.39 is 0 Å². The fraction of sp³-hybridized carbons (Fsp3) is 0.250. The van der Waals surface area contributed by atoms with Crippen molar-refractivity contribution in [1.82, 2.24) is 29.9 Å². The first-order valence-corrected chi connectivity index (χ1v) is 19.4. The SMILES string of the molecule is CCc1c(CCc2cccc(-c3ccccn3)n2)c(CC)c(CCc2cccc(-c3ccccn3)n2)c(CC)c1CCc1cccc(-c2ccccn2)n1. The zero-order valence-corrected chi connectivity index (χ0v) is 31.7. The van der Waals surface area contributed by atoms with Crippen LogP contribution in [0.2, 0.25) is 0 Å². The van der Waals surface area contributed by atoms with Crippen LogP contribution < -0.4 is 0 Å². The second-order valence-electron chi connectivity index (χ2n) is 13.6. The number of aromatic nitrogens is 6. The zero-order valence-electron chi connectivity index (χ0n) is 31.7. The molecule has 0 spiro atoms. The Labute approximate surface area is 319 Å². The maximum absolute atomic E-state index is 5.08. The van der Waals surface area contributed by atoms with Gasteiger partial charge in [-0.25, -0.2) is 0 Å². The van der Waals surface area contributed by atoms with Crippen molar-refractivity contribution in [3.05, 3.63) is 178 Å². The standard InChI is InChI=1S/C48H48N6/c1-4-37-40(28-25-34-16-13-22-46(52-34)43-19-7-10-31-49-43)38(5-2)42(30-27-36-18-15-24-48(54-36)45-21-9-12-33-51-45)39(6-3)41(37)29-26-35-17-14-23-47(53-35)44-20-8-11-32-50-44/h7-24,31-33H,4-6,25-30H2,1-3H3. The number of hydrogen-bond donors (Lipinski definition) is 0. The Hall–Kier alpha value is -5.88. The molecule has 1 aromatic carbocycles. The van der Waals surface area contributed by atoms with E-state index in [-0.39, 0.29) is 0 Å². The zero-order chi connectivity index (χ0) is 37.1. The molecule has 7 aromatic rings. The molecule has 0 fully saturated rings. The average Bonchev–Trinajstić information content (AvgIpc) is 3.25. The van der Waals surface area contributed by atoms with Crippen LogP contribution in [0.15, 0.2) is 128 Å². The van der Waals surface area contributed by atoms with Crippen molar-refractivity contribution >= 4 is 0 Å². The summed E-state index contributed by atoms with van der Waals surface area (Å²) in [6.07, 6.45) is 13.9. The summed E-state index contributed by atoms with van der Waals surface area (Å²) < 4.78 is 0. The third kappa shape index (κ3) is 8.50. The Bertz CT molecular complexity index is 2010. The molecule has 0 saturated carbocycles. The maximum atomic E-state index is 5.08. The van der Waals surface area contributed by atoms with Gasteiger partial charge in [-0.2, -0.15) is 0 Å². The first kappa shape index (κ1) is 36.5. The van der Waals surface area contributed by atoms with Crippen molar-refractivity contribution in [3.63, 3.8) is 0 Å². The molecular formula is C48H48N6. The molecule has 0 bridgehead atoms. The Morgan fingerprint density at radius 1 is 0.296 bits per heavy atom. The summed E-state index contributed by atoms with van der Waals surface area (Å²) in [4.78, 5) is 28.9. The molecule has 0 N–H and O–H groups in total. The van der Waals surface area contributed by atoms with E-state index in [9.17, 15) is 0 Å². The van der Waals surface area contributed by atoms with E-state index in [0.29, 0.717) is 0 Å². The summed E-state index contributed by atoms with van der Waals surface area (Å²) >= 11 is 0. The smallest absolute Gasteiger partial charge is 0.0889 e. The van der Waals surface area contributed by atoms with E-state index in [1.165, 1.54) is 33.4 Å². The van der Waals surface area contributed by atoms with Crippen molar-refractivity contribution in [2.24, 2.45) is 0 Å². The molecule has 0 saturated heterocycles. The second kappa shape index (κ2) is 17.8. The molecule has 6 heterocycles. The van der Waals surface area contributed by atoms with Gasteiger partial charge in [-0.1, -0.05) is 57.2 Å². The first-order chi connectivity index (χ1) is 26.6. The van der Waals surface area contributed by atoms with Crippen molar-refractivity contribution < 1.29 is 0 Å². The van der Waals surface area contributed by atoms with E-state index >= 15 is 0 Å². The van der Waals surface area contributed by atoms with Crippen LogP contribution in [0.25, 0.3) is 34.2 Å². The third-order valence-electron chi connectivity index (χ3n) is 10.3.